The van der Waals surface area contributed by atoms with E-state index in [0.29, 0.717) is 22.5 Å². The van der Waals surface area contributed by atoms with Gasteiger partial charge in [0.15, 0.2) is 0 Å². The van der Waals surface area contributed by atoms with Gasteiger partial charge in [0.1, 0.15) is 5.75 Å². The molecule has 0 aliphatic heterocycles. The van der Waals surface area contributed by atoms with Crippen LogP contribution in [0.15, 0.2) is 103 Å². The Labute approximate surface area is 191 Å². The van der Waals surface area contributed by atoms with E-state index in [1.807, 2.05) is 78.9 Å². The fraction of sp³-hybridized carbons (Fsp3) is 0.0357. The summed E-state index contributed by atoms with van der Waals surface area (Å²) in [5.74, 6) is 0.504. The van der Waals surface area contributed by atoms with E-state index in [4.69, 9.17) is 14.7 Å². The molecule has 0 spiro atoms. The largest absolute Gasteiger partial charge is 0.497 e. The van der Waals surface area contributed by atoms with Gasteiger partial charge in [0.05, 0.1) is 29.5 Å². The Kier molecular flexibility index (Phi) is 5.52. The first-order chi connectivity index (χ1) is 16.2. The zero-order chi connectivity index (χ0) is 22.6. The molecule has 0 radical (unpaired) electrons. The van der Waals surface area contributed by atoms with Crippen molar-refractivity contribution >= 4 is 22.6 Å². The van der Waals surface area contributed by atoms with Crippen LogP contribution in [0.4, 0.5) is 5.69 Å². The summed E-state index contributed by atoms with van der Waals surface area (Å²) in [5, 5.41) is 2.95. The predicted octanol–water partition coefficient (Wildman–Crippen LogP) is 6.22. The first kappa shape index (κ1) is 20.4. The lowest BCUT2D eigenvalue weighted by Crippen LogP contribution is -2.11. The molecule has 0 bridgehead atoms. The van der Waals surface area contributed by atoms with Crippen molar-refractivity contribution in [1.82, 2.24) is 9.97 Å². The quantitative estimate of drug-likeness (QED) is 0.359. The summed E-state index contributed by atoms with van der Waals surface area (Å²) in [6.07, 6.45) is 0. The smallest absolute Gasteiger partial charge is 0.255 e. The lowest BCUT2D eigenvalue weighted by Gasteiger charge is -2.12. The standard InChI is InChI=1S/C28H21N3O2/c1-33-23-15-12-21(13-16-23)28(32)29-22-14-17-24-25(18-22)31-27(20-10-6-3-7-11-20)26(30-24)19-8-4-2-5-9-19/h2-18H,1H3,(H,29,32). The van der Waals surface area contributed by atoms with Gasteiger partial charge in [-0.1, -0.05) is 60.7 Å². The molecule has 0 saturated carbocycles. The number of hydrogen-bond acceptors (Lipinski definition) is 4. The van der Waals surface area contributed by atoms with E-state index in [2.05, 4.69) is 5.32 Å². The topological polar surface area (TPSA) is 64.1 Å². The number of anilines is 1. The van der Waals surface area contributed by atoms with Gasteiger partial charge in [-0.25, -0.2) is 9.97 Å². The van der Waals surface area contributed by atoms with Crippen molar-refractivity contribution < 1.29 is 9.53 Å². The Morgan fingerprint density at radius 2 is 1.27 bits per heavy atom. The molecule has 33 heavy (non-hydrogen) atoms. The van der Waals surface area contributed by atoms with Gasteiger partial charge in [0.2, 0.25) is 0 Å². The lowest BCUT2D eigenvalue weighted by atomic mass is 10.0. The van der Waals surface area contributed by atoms with Crippen LogP contribution in [0.3, 0.4) is 0 Å². The van der Waals surface area contributed by atoms with Crippen molar-refractivity contribution in [2.45, 2.75) is 0 Å². The molecular weight excluding hydrogens is 410 g/mol. The van der Waals surface area contributed by atoms with Crippen LogP contribution in [0.5, 0.6) is 5.75 Å². The molecule has 0 aliphatic rings. The van der Waals surface area contributed by atoms with Crippen LogP contribution in [0, 0.1) is 0 Å². The van der Waals surface area contributed by atoms with Crippen molar-refractivity contribution in [3.63, 3.8) is 0 Å². The van der Waals surface area contributed by atoms with Crippen molar-refractivity contribution in [3.05, 3.63) is 109 Å². The average molecular weight is 431 g/mol. The molecule has 1 N–H and O–H groups in total. The van der Waals surface area contributed by atoms with E-state index in [9.17, 15) is 4.79 Å². The number of hydrogen-bond donors (Lipinski definition) is 1. The fourth-order valence-electron chi connectivity index (χ4n) is 3.67. The van der Waals surface area contributed by atoms with Crippen LogP contribution < -0.4 is 10.1 Å². The van der Waals surface area contributed by atoms with Gasteiger partial charge in [0, 0.05) is 22.4 Å². The first-order valence-electron chi connectivity index (χ1n) is 10.6. The highest BCUT2D eigenvalue weighted by atomic mass is 16.5. The zero-order valence-corrected chi connectivity index (χ0v) is 18.0. The Balaban J connectivity index is 1.54. The van der Waals surface area contributed by atoms with E-state index < -0.39 is 0 Å². The van der Waals surface area contributed by atoms with Crippen molar-refractivity contribution in [1.29, 1.82) is 0 Å². The van der Waals surface area contributed by atoms with Gasteiger partial charge in [-0.3, -0.25) is 4.79 Å². The van der Waals surface area contributed by atoms with Crippen LogP contribution in [-0.4, -0.2) is 23.0 Å². The molecule has 0 unspecified atom stereocenters. The van der Waals surface area contributed by atoms with Gasteiger partial charge < -0.3 is 10.1 Å². The van der Waals surface area contributed by atoms with E-state index in [1.54, 1.807) is 31.4 Å². The second kappa shape index (κ2) is 8.93. The van der Waals surface area contributed by atoms with E-state index in [0.717, 1.165) is 28.0 Å². The number of amides is 1. The van der Waals surface area contributed by atoms with Crippen LogP contribution in [0.2, 0.25) is 0 Å². The highest BCUT2D eigenvalue weighted by Crippen LogP contribution is 2.31. The van der Waals surface area contributed by atoms with E-state index in [1.165, 1.54) is 0 Å². The van der Waals surface area contributed by atoms with Crippen molar-refractivity contribution in [2.24, 2.45) is 0 Å². The third-order valence-electron chi connectivity index (χ3n) is 5.37. The third-order valence-corrected chi connectivity index (χ3v) is 5.37. The second-order valence-electron chi connectivity index (χ2n) is 7.54. The molecule has 5 heteroatoms. The summed E-state index contributed by atoms with van der Waals surface area (Å²) < 4.78 is 5.16. The predicted molar refractivity (Wildman–Crippen MR) is 131 cm³/mol. The second-order valence-corrected chi connectivity index (χ2v) is 7.54. The molecule has 1 amide bonds. The highest BCUT2D eigenvalue weighted by Gasteiger charge is 2.14. The maximum atomic E-state index is 12.7. The number of carbonyl (C=O) groups excluding carboxylic acids is 1. The molecule has 5 rings (SSSR count). The first-order valence-corrected chi connectivity index (χ1v) is 10.6. The molecule has 0 fully saturated rings. The summed E-state index contributed by atoms with van der Waals surface area (Å²) in [4.78, 5) is 22.6. The summed E-state index contributed by atoms with van der Waals surface area (Å²) in [6, 6.07) is 32.6. The number of ether oxygens (including phenoxy) is 1. The van der Waals surface area contributed by atoms with Crippen molar-refractivity contribution in [3.8, 4) is 28.3 Å². The third kappa shape index (κ3) is 4.29. The average Bonchev–Trinajstić information content (AvgIpc) is 2.89. The van der Waals surface area contributed by atoms with E-state index in [-0.39, 0.29) is 5.91 Å². The lowest BCUT2D eigenvalue weighted by molar-refractivity contribution is 0.102. The molecule has 0 atom stereocenters. The van der Waals surface area contributed by atoms with E-state index >= 15 is 0 Å². The SMILES string of the molecule is COc1ccc(C(=O)Nc2ccc3nc(-c4ccccc4)c(-c4ccccc4)nc3c2)cc1. The molecule has 5 aromatic rings. The Hall–Kier alpha value is -4.51. The molecule has 4 aromatic carbocycles. The van der Waals surface area contributed by atoms with Gasteiger partial charge >= 0.3 is 0 Å². The van der Waals surface area contributed by atoms with Crippen LogP contribution in [-0.2, 0) is 0 Å². The number of fused-ring (bicyclic) bond motifs is 1. The number of carbonyl (C=O) groups is 1. The Bertz CT molecular complexity index is 1420. The Morgan fingerprint density at radius 3 is 1.85 bits per heavy atom. The van der Waals surface area contributed by atoms with Crippen LogP contribution in [0.25, 0.3) is 33.5 Å². The molecule has 160 valence electrons. The number of rotatable bonds is 5. The molecule has 0 aliphatic carbocycles. The fourth-order valence-corrected chi connectivity index (χ4v) is 3.67. The number of benzene rings is 4. The molecule has 1 aromatic heterocycles. The Morgan fingerprint density at radius 1 is 0.697 bits per heavy atom. The van der Waals surface area contributed by atoms with Gasteiger partial charge in [-0.05, 0) is 42.5 Å². The minimum atomic E-state index is -0.200. The normalized spacial score (nSPS) is 10.7. The van der Waals surface area contributed by atoms with Crippen LogP contribution in [0.1, 0.15) is 10.4 Å². The maximum absolute atomic E-state index is 12.7. The highest BCUT2D eigenvalue weighted by molar-refractivity contribution is 6.05. The maximum Gasteiger partial charge on any atom is 0.255 e. The number of aromatic nitrogens is 2. The van der Waals surface area contributed by atoms with Crippen LogP contribution >= 0.6 is 0 Å². The molecule has 5 nitrogen and oxygen atoms in total. The number of nitrogens with one attached hydrogen (secondary N) is 1. The minimum Gasteiger partial charge on any atom is -0.497 e. The zero-order valence-electron chi connectivity index (χ0n) is 18.0. The summed E-state index contributed by atoms with van der Waals surface area (Å²) in [5.41, 5.74) is 6.28. The minimum absolute atomic E-state index is 0.200. The number of methoxy groups -OCH3 is 1. The summed E-state index contributed by atoms with van der Waals surface area (Å²) in [6.45, 7) is 0. The van der Waals surface area contributed by atoms with Gasteiger partial charge in [-0.15, -0.1) is 0 Å². The van der Waals surface area contributed by atoms with Crippen molar-refractivity contribution in [2.75, 3.05) is 12.4 Å². The monoisotopic (exact) mass is 431 g/mol. The van der Waals surface area contributed by atoms with Gasteiger partial charge in [-0.2, -0.15) is 0 Å². The molecule has 1 heterocycles. The van der Waals surface area contributed by atoms with Gasteiger partial charge in [0.25, 0.3) is 5.91 Å². The molecule has 0 saturated heterocycles. The number of nitrogens with zero attached hydrogens (tertiary/aromatic N) is 2. The summed E-state index contributed by atoms with van der Waals surface area (Å²) in [7, 11) is 1.60. The summed E-state index contributed by atoms with van der Waals surface area (Å²) >= 11 is 0. The molecular formula is C28H21N3O2.